The molecule has 0 bridgehead atoms. The SMILES string of the molecule is CC(=O)C1=C(C)OP2(OC(C)C)(OCCO2)[C@H]1c1ccccc1. The maximum absolute atomic E-state index is 12.3. The molecule has 0 radical (unpaired) electrons. The number of Topliss-reactive ketones (excluding diaryl/α,β-unsaturated/α-hetero) is 1. The van der Waals surface area contributed by atoms with Gasteiger partial charge in [0.25, 0.3) is 0 Å². The van der Waals surface area contributed by atoms with E-state index in [9.17, 15) is 4.79 Å². The van der Waals surface area contributed by atoms with Gasteiger partial charge < -0.3 is 0 Å². The number of carbonyl (C=O) groups excluding carboxylic acids is 1. The number of allylic oxidation sites excluding steroid dienone is 2. The summed E-state index contributed by atoms with van der Waals surface area (Å²) >= 11 is 0. The molecule has 0 amide bonds. The molecular weight excluding hydrogens is 315 g/mol. The molecule has 1 saturated heterocycles. The first-order valence-corrected chi connectivity index (χ1v) is 9.83. The Bertz CT molecular complexity index is 646. The van der Waals surface area contributed by atoms with Crippen molar-refractivity contribution in [1.29, 1.82) is 0 Å². The fourth-order valence-corrected chi connectivity index (χ4v) is 7.88. The summed E-state index contributed by atoms with van der Waals surface area (Å²) in [5.41, 5.74) is 1.02. The molecule has 5 nitrogen and oxygen atoms in total. The third-order valence-corrected chi connectivity index (χ3v) is 8.10. The van der Waals surface area contributed by atoms with Crippen LogP contribution >= 0.6 is 7.51 Å². The van der Waals surface area contributed by atoms with Crippen LogP contribution < -0.4 is 0 Å². The molecule has 0 saturated carbocycles. The summed E-state index contributed by atoms with van der Waals surface area (Å²) in [7, 11) is -3.93. The van der Waals surface area contributed by atoms with Crippen LogP contribution in [0.15, 0.2) is 41.7 Å². The first-order chi connectivity index (χ1) is 10.9. The molecule has 0 aliphatic carbocycles. The first-order valence-electron chi connectivity index (χ1n) is 7.85. The Morgan fingerprint density at radius 1 is 1.22 bits per heavy atom. The van der Waals surface area contributed by atoms with Crippen LogP contribution in [-0.2, 0) is 22.9 Å². The predicted octanol–water partition coefficient (Wildman–Crippen LogP) is 4.31. The predicted molar refractivity (Wildman–Crippen MR) is 88.7 cm³/mol. The van der Waals surface area contributed by atoms with Gasteiger partial charge in [0, 0.05) is 0 Å². The molecule has 1 atom stereocenters. The topological polar surface area (TPSA) is 54.0 Å². The van der Waals surface area contributed by atoms with E-state index in [0.29, 0.717) is 24.5 Å². The minimum atomic E-state index is -3.93. The Balaban J connectivity index is 2.22. The molecular formula is C17H23O5P. The van der Waals surface area contributed by atoms with Crippen molar-refractivity contribution in [2.45, 2.75) is 39.5 Å². The number of hydrogen-bond donors (Lipinski definition) is 0. The van der Waals surface area contributed by atoms with Crippen molar-refractivity contribution in [2.75, 3.05) is 13.2 Å². The number of rotatable bonds is 4. The number of hydrogen-bond acceptors (Lipinski definition) is 5. The van der Waals surface area contributed by atoms with E-state index in [1.165, 1.54) is 0 Å². The second-order valence-corrected chi connectivity index (χ2v) is 9.28. The van der Waals surface area contributed by atoms with E-state index in [0.717, 1.165) is 5.56 Å². The normalized spacial score (nSPS) is 27.0. The van der Waals surface area contributed by atoms with Gasteiger partial charge in [0.1, 0.15) is 0 Å². The molecule has 3 rings (SSSR count). The van der Waals surface area contributed by atoms with Crippen molar-refractivity contribution in [1.82, 2.24) is 0 Å². The van der Waals surface area contributed by atoms with Crippen LogP contribution in [0.25, 0.3) is 0 Å². The molecule has 2 aliphatic rings. The van der Waals surface area contributed by atoms with E-state index in [1.54, 1.807) is 13.8 Å². The average molecular weight is 338 g/mol. The van der Waals surface area contributed by atoms with Crippen LogP contribution in [-0.4, -0.2) is 25.1 Å². The number of carbonyl (C=O) groups is 1. The molecule has 0 aromatic heterocycles. The van der Waals surface area contributed by atoms with Crippen LogP contribution in [0.5, 0.6) is 0 Å². The second kappa shape index (κ2) is 5.67. The molecule has 2 heterocycles. The van der Waals surface area contributed by atoms with Gasteiger partial charge in [0.2, 0.25) is 0 Å². The second-order valence-electron chi connectivity index (χ2n) is 6.12. The van der Waals surface area contributed by atoms with E-state index in [4.69, 9.17) is 18.1 Å². The van der Waals surface area contributed by atoms with E-state index in [-0.39, 0.29) is 11.9 Å². The van der Waals surface area contributed by atoms with Gasteiger partial charge in [-0.2, -0.15) is 0 Å². The van der Waals surface area contributed by atoms with Crippen LogP contribution in [0.4, 0.5) is 0 Å². The quantitative estimate of drug-likeness (QED) is 0.766. The molecule has 126 valence electrons. The third-order valence-electron chi connectivity index (χ3n) is 4.00. The van der Waals surface area contributed by atoms with Crippen molar-refractivity contribution < 1.29 is 22.9 Å². The monoisotopic (exact) mass is 338 g/mol. The molecule has 0 unspecified atom stereocenters. The maximum atomic E-state index is 12.3. The summed E-state index contributed by atoms with van der Waals surface area (Å²) in [4.78, 5) is 12.3. The Kier molecular flexibility index (Phi) is 4.09. The van der Waals surface area contributed by atoms with E-state index >= 15 is 0 Å². The van der Waals surface area contributed by atoms with E-state index in [2.05, 4.69) is 0 Å². The van der Waals surface area contributed by atoms with Gasteiger partial charge in [0.05, 0.1) is 0 Å². The van der Waals surface area contributed by atoms with Gasteiger partial charge in [-0.15, -0.1) is 0 Å². The standard InChI is InChI=1S/C17H23O5P/c1-12(2)21-23(19-10-11-20-23)17(15-8-6-5-7-9-15)16(13(3)18)14(4)22-23/h5-9,12,17H,10-11H2,1-4H3/t17-/m0/s1. The van der Waals surface area contributed by atoms with Crippen LogP contribution in [0.3, 0.4) is 0 Å². The van der Waals surface area contributed by atoms with Crippen molar-refractivity contribution in [3.05, 3.63) is 47.2 Å². The summed E-state index contributed by atoms with van der Waals surface area (Å²) in [6.07, 6.45) is -0.156. The Labute approximate surface area is 136 Å². The van der Waals surface area contributed by atoms with E-state index < -0.39 is 13.2 Å². The zero-order valence-corrected chi connectivity index (χ0v) is 14.8. The first kappa shape index (κ1) is 16.6. The summed E-state index contributed by atoms with van der Waals surface area (Å²) < 4.78 is 24.6. The molecule has 1 spiro atoms. The van der Waals surface area contributed by atoms with Crippen LogP contribution in [0.2, 0.25) is 0 Å². The van der Waals surface area contributed by atoms with Gasteiger partial charge in [-0.1, -0.05) is 0 Å². The zero-order valence-electron chi connectivity index (χ0n) is 13.9. The molecule has 1 fully saturated rings. The Morgan fingerprint density at radius 3 is 2.35 bits per heavy atom. The summed E-state index contributed by atoms with van der Waals surface area (Å²) in [5.74, 6) is 0.482. The van der Waals surface area contributed by atoms with Gasteiger partial charge in [-0.25, -0.2) is 0 Å². The van der Waals surface area contributed by atoms with Crippen molar-refractivity contribution in [3.8, 4) is 0 Å². The summed E-state index contributed by atoms with van der Waals surface area (Å²) in [6.45, 7) is 7.95. The minimum absolute atomic E-state index is 0.0516. The Morgan fingerprint density at radius 2 is 1.83 bits per heavy atom. The molecule has 1 aromatic rings. The third kappa shape index (κ3) is 2.52. The molecule has 23 heavy (non-hydrogen) atoms. The van der Waals surface area contributed by atoms with E-state index in [1.807, 2.05) is 44.2 Å². The fourth-order valence-electron chi connectivity index (χ4n) is 3.40. The molecule has 1 aromatic carbocycles. The van der Waals surface area contributed by atoms with Crippen LogP contribution in [0.1, 0.15) is 38.9 Å². The summed E-state index contributed by atoms with van der Waals surface area (Å²) in [6, 6.07) is 9.71. The number of ketones is 1. The van der Waals surface area contributed by atoms with Crippen molar-refractivity contribution in [2.24, 2.45) is 0 Å². The number of benzene rings is 1. The van der Waals surface area contributed by atoms with Gasteiger partial charge >= 0.3 is 136 Å². The van der Waals surface area contributed by atoms with Gasteiger partial charge in [0.15, 0.2) is 0 Å². The molecule has 0 N–H and O–H groups in total. The average Bonchev–Trinajstić information content (AvgIpc) is 2.99. The van der Waals surface area contributed by atoms with Gasteiger partial charge in [-0.3, -0.25) is 0 Å². The molecule has 2 aliphatic heterocycles. The zero-order chi connectivity index (χ0) is 16.7. The van der Waals surface area contributed by atoms with Crippen molar-refractivity contribution >= 4 is 13.3 Å². The molecule has 6 heteroatoms. The summed E-state index contributed by atoms with van der Waals surface area (Å²) in [5, 5.41) is 0. The van der Waals surface area contributed by atoms with Crippen LogP contribution in [0, 0.1) is 0 Å². The Hall–Kier alpha value is -1.26. The van der Waals surface area contributed by atoms with Crippen molar-refractivity contribution in [3.63, 3.8) is 0 Å². The fraction of sp³-hybridized carbons (Fsp3) is 0.471. The van der Waals surface area contributed by atoms with Gasteiger partial charge in [-0.05, 0) is 0 Å².